The second-order valence-electron chi connectivity index (χ2n) is 4.93. The molecule has 0 spiro atoms. The van der Waals surface area contributed by atoms with Gasteiger partial charge in [-0.25, -0.2) is 0 Å². The first-order valence-electron chi connectivity index (χ1n) is 6.77. The number of aliphatic hydroxyl groups is 1. The number of nitrogens with one attached hydrogen (secondary N) is 1. The second-order valence-corrected chi connectivity index (χ2v) is 5.37. The van der Waals surface area contributed by atoms with E-state index in [2.05, 4.69) is 11.4 Å². The molecule has 0 saturated heterocycles. The van der Waals surface area contributed by atoms with E-state index in [0.29, 0.717) is 17.1 Å². The molecule has 21 heavy (non-hydrogen) atoms. The van der Waals surface area contributed by atoms with E-state index in [1.807, 2.05) is 31.2 Å². The molecule has 0 heterocycles. The molecule has 0 saturated carbocycles. The Morgan fingerprint density at radius 1 is 1.19 bits per heavy atom. The zero-order valence-corrected chi connectivity index (χ0v) is 12.5. The molecule has 0 fully saturated rings. The first-order chi connectivity index (χ1) is 10.1. The smallest absolute Gasteiger partial charge is 0.0991 e. The number of hydrogen-bond acceptors (Lipinski definition) is 3. The van der Waals surface area contributed by atoms with Crippen LogP contribution in [0.4, 0.5) is 0 Å². The molecule has 2 unspecified atom stereocenters. The molecule has 2 rings (SSSR count). The third-order valence-electron chi connectivity index (χ3n) is 3.39. The first kappa shape index (κ1) is 15.5. The lowest BCUT2D eigenvalue weighted by molar-refractivity contribution is 0.171. The summed E-state index contributed by atoms with van der Waals surface area (Å²) in [7, 11) is 0. The lowest BCUT2D eigenvalue weighted by Gasteiger charge is -2.18. The van der Waals surface area contributed by atoms with Gasteiger partial charge in [-0.3, -0.25) is 0 Å². The quantitative estimate of drug-likeness (QED) is 0.887. The zero-order chi connectivity index (χ0) is 15.2. The number of hydrogen-bond donors (Lipinski definition) is 2. The van der Waals surface area contributed by atoms with Crippen molar-refractivity contribution in [2.24, 2.45) is 0 Å². The van der Waals surface area contributed by atoms with E-state index in [4.69, 9.17) is 16.9 Å². The number of rotatable bonds is 5. The van der Waals surface area contributed by atoms with E-state index in [-0.39, 0.29) is 6.04 Å². The van der Waals surface area contributed by atoms with Gasteiger partial charge in [0.25, 0.3) is 0 Å². The van der Waals surface area contributed by atoms with Crippen molar-refractivity contribution in [1.82, 2.24) is 5.32 Å². The maximum atomic E-state index is 10.2. The third kappa shape index (κ3) is 4.30. The molecule has 0 aliphatic heterocycles. The molecular formula is C17H17ClN2O. The Bertz CT molecular complexity index is 634. The highest BCUT2D eigenvalue weighted by Gasteiger charge is 2.11. The van der Waals surface area contributed by atoms with Crippen molar-refractivity contribution >= 4 is 11.6 Å². The highest BCUT2D eigenvalue weighted by molar-refractivity contribution is 6.30. The molecule has 2 aromatic rings. The minimum atomic E-state index is -0.612. The maximum Gasteiger partial charge on any atom is 0.0991 e. The Hall–Kier alpha value is -1.86. The van der Waals surface area contributed by atoms with E-state index in [9.17, 15) is 5.11 Å². The Labute approximate surface area is 129 Å². The lowest BCUT2D eigenvalue weighted by Crippen LogP contribution is -2.24. The summed E-state index contributed by atoms with van der Waals surface area (Å²) in [6.07, 6.45) is -0.612. The molecule has 108 valence electrons. The predicted molar refractivity (Wildman–Crippen MR) is 84.0 cm³/mol. The molecule has 0 aliphatic carbocycles. The summed E-state index contributed by atoms with van der Waals surface area (Å²) in [4.78, 5) is 0. The van der Waals surface area contributed by atoms with Gasteiger partial charge in [0.15, 0.2) is 0 Å². The summed E-state index contributed by atoms with van der Waals surface area (Å²) in [5, 5.41) is 22.9. The minimum Gasteiger partial charge on any atom is -0.387 e. The van der Waals surface area contributed by atoms with Crippen molar-refractivity contribution in [3.05, 3.63) is 70.2 Å². The van der Waals surface area contributed by atoms with Crippen molar-refractivity contribution < 1.29 is 5.11 Å². The Balaban J connectivity index is 1.94. The highest BCUT2D eigenvalue weighted by atomic mass is 35.5. The topological polar surface area (TPSA) is 56.0 Å². The summed E-state index contributed by atoms with van der Waals surface area (Å²) in [6, 6.07) is 16.8. The van der Waals surface area contributed by atoms with Crippen molar-refractivity contribution in [2.75, 3.05) is 6.54 Å². The molecule has 0 bridgehead atoms. The molecule has 0 radical (unpaired) electrons. The van der Waals surface area contributed by atoms with Gasteiger partial charge < -0.3 is 10.4 Å². The van der Waals surface area contributed by atoms with Gasteiger partial charge in [-0.2, -0.15) is 5.26 Å². The van der Waals surface area contributed by atoms with Gasteiger partial charge in [0.05, 0.1) is 17.7 Å². The lowest BCUT2D eigenvalue weighted by atomic mass is 10.1. The van der Waals surface area contributed by atoms with Crippen LogP contribution < -0.4 is 5.32 Å². The summed E-state index contributed by atoms with van der Waals surface area (Å²) < 4.78 is 0. The van der Waals surface area contributed by atoms with Gasteiger partial charge in [-0.05, 0) is 42.3 Å². The van der Waals surface area contributed by atoms with Crippen molar-refractivity contribution in [1.29, 1.82) is 5.26 Å². The minimum absolute atomic E-state index is 0.0942. The third-order valence-corrected chi connectivity index (χ3v) is 3.63. The largest absolute Gasteiger partial charge is 0.387 e. The van der Waals surface area contributed by atoms with Crippen molar-refractivity contribution in [2.45, 2.75) is 19.1 Å². The van der Waals surface area contributed by atoms with Gasteiger partial charge in [0, 0.05) is 17.6 Å². The van der Waals surface area contributed by atoms with Crippen molar-refractivity contribution in [3.8, 4) is 6.07 Å². The molecule has 0 amide bonds. The van der Waals surface area contributed by atoms with E-state index in [0.717, 1.165) is 11.1 Å². The normalized spacial score (nSPS) is 13.4. The van der Waals surface area contributed by atoms with Crippen LogP contribution in [0.5, 0.6) is 0 Å². The summed E-state index contributed by atoms with van der Waals surface area (Å²) in [6.45, 7) is 2.46. The van der Waals surface area contributed by atoms with Crippen LogP contribution >= 0.6 is 11.6 Å². The first-order valence-corrected chi connectivity index (χ1v) is 7.15. The average molecular weight is 301 g/mol. The van der Waals surface area contributed by atoms with Crippen LogP contribution in [0.1, 0.15) is 35.8 Å². The van der Waals surface area contributed by atoms with E-state index >= 15 is 0 Å². The van der Waals surface area contributed by atoms with Crippen LogP contribution in [0.3, 0.4) is 0 Å². The van der Waals surface area contributed by atoms with Gasteiger partial charge in [0.1, 0.15) is 0 Å². The van der Waals surface area contributed by atoms with E-state index in [1.165, 1.54) is 0 Å². The number of nitrogens with zero attached hydrogens (tertiary/aromatic N) is 1. The van der Waals surface area contributed by atoms with Crippen LogP contribution in [-0.4, -0.2) is 11.7 Å². The van der Waals surface area contributed by atoms with Gasteiger partial charge in [-0.15, -0.1) is 0 Å². The summed E-state index contributed by atoms with van der Waals surface area (Å²) in [5.74, 6) is 0. The fraction of sp³-hybridized carbons (Fsp3) is 0.235. The number of benzene rings is 2. The van der Waals surface area contributed by atoms with E-state index in [1.54, 1.807) is 24.3 Å². The Morgan fingerprint density at radius 2 is 1.90 bits per heavy atom. The fourth-order valence-corrected chi connectivity index (χ4v) is 2.28. The van der Waals surface area contributed by atoms with Crippen LogP contribution in [-0.2, 0) is 0 Å². The SMILES string of the molecule is CC(NCC(O)c1ccc(C#N)cc1)c1cccc(Cl)c1. The van der Waals surface area contributed by atoms with Crippen LogP contribution in [0, 0.1) is 11.3 Å². The van der Waals surface area contributed by atoms with E-state index < -0.39 is 6.10 Å². The zero-order valence-electron chi connectivity index (χ0n) is 11.8. The standard InChI is InChI=1S/C17H17ClN2O/c1-12(15-3-2-4-16(18)9-15)20-11-17(21)14-7-5-13(10-19)6-8-14/h2-9,12,17,20-21H,11H2,1H3. The number of nitriles is 1. The maximum absolute atomic E-state index is 10.2. The molecule has 0 aliphatic rings. The monoisotopic (exact) mass is 300 g/mol. The average Bonchev–Trinajstić information content (AvgIpc) is 2.52. The van der Waals surface area contributed by atoms with Crippen LogP contribution in [0.2, 0.25) is 5.02 Å². The second kappa shape index (κ2) is 7.24. The molecule has 4 heteroatoms. The number of aliphatic hydroxyl groups excluding tert-OH is 1. The molecule has 2 aromatic carbocycles. The Kier molecular flexibility index (Phi) is 5.35. The highest BCUT2D eigenvalue weighted by Crippen LogP contribution is 2.19. The molecule has 0 aromatic heterocycles. The summed E-state index contributed by atoms with van der Waals surface area (Å²) >= 11 is 5.97. The predicted octanol–water partition coefficient (Wildman–Crippen LogP) is 3.60. The fourth-order valence-electron chi connectivity index (χ4n) is 2.08. The van der Waals surface area contributed by atoms with Crippen LogP contribution in [0.15, 0.2) is 48.5 Å². The molecule has 2 atom stereocenters. The van der Waals surface area contributed by atoms with Gasteiger partial charge >= 0.3 is 0 Å². The molecular weight excluding hydrogens is 284 g/mol. The Morgan fingerprint density at radius 3 is 2.52 bits per heavy atom. The van der Waals surface area contributed by atoms with Crippen molar-refractivity contribution in [3.63, 3.8) is 0 Å². The van der Waals surface area contributed by atoms with Crippen LogP contribution in [0.25, 0.3) is 0 Å². The molecule has 2 N–H and O–H groups in total. The van der Waals surface area contributed by atoms with Gasteiger partial charge in [0.2, 0.25) is 0 Å². The summed E-state index contributed by atoms with van der Waals surface area (Å²) in [5.41, 5.74) is 2.46. The van der Waals surface area contributed by atoms with Gasteiger partial charge in [-0.1, -0.05) is 35.9 Å². The number of halogens is 1. The molecule has 3 nitrogen and oxygen atoms in total.